The molecule has 0 aliphatic carbocycles. The maximum absolute atomic E-state index is 13.7. The van der Waals surface area contributed by atoms with E-state index >= 15 is 0 Å². The highest BCUT2D eigenvalue weighted by atomic mass is 32.1. The maximum atomic E-state index is 13.7. The Kier molecular flexibility index (Phi) is 6.93. The molecular formula is C27H28N2O5S. The summed E-state index contributed by atoms with van der Waals surface area (Å²) >= 11 is 1.31. The minimum atomic E-state index is -0.674. The summed E-state index contributed by atoms with van der Waals surface area (Å²) in [7, 11) is 4.60. The van der Waals surface area contributed by atoms with Gasteiger partial charge in [0, 0.05) is 17.7 Å². The zero-order valence-corrected chi connectivity index (χ0v) is 21.5. The van der Waals surface area contributed by atoms with E-state index in [1.165, 1.54) is 32.7 Å². The van der Waals surface area contributed by atoms with Crippen LogP contribution in [0.3, 0.4) is 0 Å². The van der Waals surface area contributed by atoms with Crippen LogP contribution in [-0.4, -0.2) is 31.7 Å². The zero-order chi connectivity index (χ0) is 25.3. The predicted octanol–water partition coefficient (Wildman–Crippen LogP) is 3.55. The highest BCUT2D eigenvalue weighted by Gasteiger charge is 2.33. The monoisotopic (exact) mass is 492 g/mol. The third-order valence-corrected chi connectivity index (χ3v) is 7.00. The molecule has 35 heavy (non-hydrogen) atoms. The van der Waals surface area contributed by atoms with Crippen molar-refractivity contribution in [1.29, 1.82) is 0 Å². The fraction of sp³-hybridized carbons (Fsp3) is 0.296. The first-order chi connectivity index (χ1) is 16.8. The number of aryl methyl sites for hydroxylation is 1. The van der Waals surface area contributed by atoms with Crippen molar-refractivity contribution in [3.05, 3.63) is 84.0 Å². The van der Waals surface area contributed by atoms with Crippen molar-refractivity contribution in [1.82, 2.24) is 4.57 Å². The van der Waals surface area contributed by atoms with Crippen LogP contribution in [-0.2, 0) is 4.79 Å². The summed E-state index contributed by atoms with van der Waals surface area (Å²) in [5.41, 5.74) is 3.61. The number of carbonyl (C=O) groups is 1. The number of methoxy groups -OCH3 is 3. The summed E-state index contributed by atoms with van der Waals surface area (Å²) in [6.07, 6.45) is 2.15. The van der Waals surface area contributed by atoms with Gasteiger partial charge < -0.3 is 14.2 Å². The number of aromatic nitrogens is 1. The highest BCUT2D eigenvalue weighted by Crippen LogP contribution is 2.42. The normalized spacial score (nSPS) is 15.5. The number of allylic oxidation sites excluding steroid dienone is 2. The Morgan fingerprint density at radius 3 is 2.23 bits per heavy atom. The lowest BCUT2D eigenvalue weighted by atomic mass is 9.91. The second kappa shape index (κ2) is 9.92. The quantitative estimate of drug-likeness (QED) is 0.504. The smallest absolute Gasteiger partial charge is 0.271 e. The van der Waals surface area contributed by atoms with Crippen LogP contribution in [0.15, 0.2) is 57.5 Å². The number of hydrogen-bond acceptors (Lipinski definition) is 7. The molecule has 3 aromatic rings. The molecule has 0 spiro atoms. The first kappa shape index (κ1) is 24.5. The van der Waals surface area contributed by atoms with Crippen molar-refractivity contribution < 1.29 is 19.0 Å². The topological polar surface area (TPSA) is 79.1 Å². The SMILES string of the molecule is CCC(=O)C1=C(C)N=c2s/c(=C\c3ccc(C)cc3)c(=O)n2C1c1cc(OC)c(OC)c(OC)c1. The minimum Gasteiger partial charge on any atom is -0.493 e. The molecule has 182 valence electrons. The average molecular weight is 493 g/mol. The lowest BCUT2D eigenvalue weighted by molar-refractivity contribution is -0.115. The highest BCUT2D eigenvalue weighted by molar-refractivity contribution is 7.07. The van der Waals surface area contributed by atoms with E-state index in [0.29, 0.717) is 49.8 Å². The van der Waals surface area contributed by atoms with Gasteiger partial charge in [0.25, 0.3) is 5.56 Å². The van der Waals surface area contributed by atoms with E-state index in [9.17, 15) is 9.59 Å². The second-order valence-electron chi connectivity index (χ2n) is 8.23. The van der Waals surface area contributed by atoms with Gasteiger partial charge in [-0.05, 0) is 43.2 Å². The first-order valence-corrected chi connectivity index (χ1v) is 12.1. The predicted molar refractivity (Wildman–Crippen MR) is 136 cm³/mol. The van der Waals surface area contributed by atoms with E-state index in [2.05, 4.69) is 4.99 Å². The van der Waals surface area contributed by atoms with Gasteiger partial charge in [0.2, 0.25) is 5.75 Å². The maximum Gasteiger partial charge on any atom is 0.271 e. The third-order valence-electron chi connectivity index (χ3n) is 6.02. The summed E-state index contributed by atoms with van der Waals surface area (Å²) in [4.78, 5) is 32.0. The van der Waals surface area contributed by atoms with Crippen LogP contribution in [0.5, 0.6) is 17.2 Å². The van der Waals surface area contributed by atoms with E-state index in [0.717, 1.165) is 11.1 Å². The molecule has 1 unspecified atom stereocenters. The molecule has 2 aromatic carbocycles. The molecule has 1 aliphatic heterocycles. The third kappa shape index (κ3) is 4.41. The summed E-state index contributed by atoms with van der Waals surface area (Å²) in [5, 5.41) is 0. The Balaban J connectivity index is 2.01. The summed E-state index contributed by atoms with van der Waals surface area (Å²) < 4.78 is 18.7. The lowest BCUT2D eigenvalue weighted by Crippen LogP contribution is -2.39. The van der Waals surface area contributed by atoms with Gasteiger partial charge in [0.15, 0.2) is 22.1 Å². The van der Waals surface area contributed by atoms with Crippen LogP contribution in [0.4, 0.5) is 0 Å². The molecule has 0 amide bonds. The van der Waals surface area contributed by atoms with Gasteiger partial charge in [-0.1, -0.05) is 48.1 Å². The van der Waals surface area contributed by atoms with Gasteiger partial charge in [-0.15, -0.1) is 0 Å². The molecule has 7 nitrogen and oxygen atoms in total. The molecule has 0 saturated carbocycles. The van der Waals surface area contributed by atoms with Crippen molar-refractivity contribution in [3.63, 3.8) is 0 Å². The molecule has 0 bridgehead atoms. The zero-order valence-electron chi connectivity index (χ0n) is 20.7. The number of thiazole rings is 1. The molecule has 0 radical (unpaired) electrons. The molecule has 0 saturated heterocycles. The number of benzene rings is 2. The summed E-state index contributed by atoms with van der Waals surface area (Å²) in [5.74, 6) is 1.26. The number of carbonyl (C=O) groups excluding carboxylic acids is 1. The van der Waals surface area contributed by atoms with Crippen LogP contribution in [0, 0.1) is 6.92 Å². The molecule has 2 heterocycles. The lowest BCUT2D eigenvalue weighted by Gasteiger charge is -2.26. The molecule has 1 aromatic heterocycles. The van der Waals surface area contributed by atoms with Crippen LogP contribution in [0.25, 0.3) is 6.08 Å². The van der Waals surface area contributed by atoms with Gasteiger partial charge in [-0.3, -0.25) is 14.2 Å². The number of ketones is 1. The number of nitrogens with zero attached hydrogens (tertiary/aromatic N) is 2. The van der Waals surface area contributed by atoms with Gasteiger partial charge in [0.1, 0.15) is 0 Å². The van der Waals surface area contributed by atoms with E-state index in [4.69, 9.17) is 14.2 Å². The van der Waals surface area contributed by atoms with E-state index in [1.54, 1.807) is 23.6 Å². The number of fused-ring (bicyclic) bond motifs is 1. The van der Waals surface area contributed by atoms with Crippen molar-refractivity contribution >= 4 is 23.2 Å². The fourth-order valence-electron chi connectivity index (χ4n) is 4.26. The minimum absolute atomic E-state index is 0.0715. The largest absolute Gasteiger partial charge is 0.493 e. The van der Waals surface area contributed by atoms with Crippen molar-refractivity contribution in [2.45, 2.75) is 33.2 Å². The molecule has 0 N–H and O–H groups in total. The van der Waals surface area contributed by atoms with Crippen LogP contribution < -0.4 is 29.1 Å². The first-order valence-electron chi connectivity index (χ1n) is 11.2. The number of Topliss-reactive ketones (excluding diaryl/α,β-unsaturated/α-hetero) is 1. The Morgan fingerprint density at radius 1 is 1.06 bits per heavy atom. The number of rotatable bonds is 7. The van der Waals surface area contributed by atoms with Gasteiger partial charge >= 0.3 is 0 Å². The Hall–Kier alpha value is -3.65. The van der Waals surface area contributed by atoms with Crippen molar-refractivity contribution in [2.75, 3.05) is 21.3 Å². The number of ether oxygens (including phenoxy) is 3. The van der Waals surface area contributed by atoms with Crippen LogP contribution in [0.1, 0.15) is 43.0 Å². The Morgan fingerprint density at radius 2 is 1.69 bits per heavy atom. The second-order valence-corrected chi connectivity index (χ2v) is 9.24. The fourth-order valence-corrected chi connectivity index (χ4v) is 5.30. The molecular weight excluding hydrogens is 464 g/mol. The molecule has 8 heteroatoms. The standard InChI is InChI=1S/C27H28N2O5S/c1-7-19(30)23-16(3)28-27-29(26(31)22(35-27)12-17-10-8-15(2)9-11-17)24(23)18-13-20(32-4)25(34-6)21(14-18)33-5/h8-14,24H,7H2,1-6H3/b22-12-. The van der Waals surface area contributed by atoms with Crippen molar-refractivity contribution in [2.24, 2.45) is 4.99 Å². The average Bonchev–Trinajstić information content (AvgIpc) is 3.17. The van der Waals surface area contributed by atoms with Gasteiger partial charge in [0.05, 0.1) is 31.9 Å². The van der Waals surface area contributed by atoms with Crippen molar-refractivity contribution in [3.8, 4) is 17.2 Å². The van der Waals surface area contributed by atoms with E-state index in [1.807, 2.05) is 44.2 Å². The van der Waals surface area contributed by atoms with Gasteiger partial charge in [-0.2, -0.15) is 0 Å². The summed E-state index contributed by atoms with van der Waals surface area (Å²) in [6.45, 7) is 5.63. The Labute approximate surface area is 207 Å². The van der Waals surface area contributed by atoms with E-state index in [-0.39, 0.29) is 11.3 Å². The van der Waals surface area contributed by atoms with Crippen LogP contribution >= 0.6 is 11.3 Å². The summed E-state index contributed by atoms with van der Waals surface area (Å²) in [6, 6.07) is 10.8. The van der Waals surface area contributed by atoms with Crippen LogP contribution in [0.2, 0.25) is 0 Å². The molecule has 1 atom stereocenters. The molecule has 1 aliphatic rings. The Bertz CT molecular complexity index is 1470. The molecule has 4 rings (SSSR count). The number of hydrogen-bond donors (Lipinski definition) is 0. The van der Waals surface area contributed by atoms with E-state index < -0.39 is 6.04 Å². The van der Waals surface area contributed by atoms with Gasteiger partial charge in [-0.25, -0.2) is 4.99 Å². The molecule has 0 fully saturated rings.